The molecule has 0 saturated heterocycles. The molecule has 1 atom stereocenters. The first-order valence-electron chi connectivity index (χ1n) is 4.77. The average Bonchev–Trinajstić information content (AvgIpc) is 2.89. The number of rotatable bonds is 3. The molecule has 1 aromatic carbocycles. The van der Waals surface area contributed by atoms with Crippen molar-refractivity contribution in [2.24, 2.45) is 11.7 Å². The highest BCUT2D eigenvalue weighted by molar-refractivity contribution is 9.10. The molecule has 0 bridgehead atoms. The summed E-state index contributed by atoms with van der Waals surface area (Å²) in [5.74, 6) is 0.902. The second-order valence-corrected chi connectivity index (χ2v) is 4.75. The third kappa shape index (κ3) is 2.55. The number of nitrogens with two attached hydrogens (primary N) is 1. The molecule has 2 N–H and O–H groups in total. The Kier molecular flexibility index (Phi) is 2.70. The van der Waals surface area contributed by atoms with Crippen LogP contribution < -0.4 is 5.73 Å². The zero-order valence-corrected chi connectivity index (χ0v) is 9.13. The van der Waals surface area contributed by atoms with E-state index in [4.69, 9.17) is 5.73 Å². The Morgan fingerprint density at radius 3 is 2.46 bits per heavy atom. The van der Waals surface area contributed by atoms with Crippen molar-refractivity contribution < 1.29 is 0 Å². The molecule has 0 radical (unpaired) electrons. The Balaban J connectivity index is 2.01. The fourth-order valence-corrected chi connectivity index (χ4v) is 1.82. The standard InChI is InChI=1S/C11H14BrN/c12-10-5-3-9(4-6-10)11(13)7-8-1-2-8/h3-6,8,11H,1-2,7,13H2/t11-/m0/s1. The summed E-state index contributed by atoms with van der Waals surface area (Å²) in [7, 11) is 0. The van der Waals surface area contributed by atoms with Gasteiger partial charge in [-0.15, -0.1) is 0 Å². The minimum Gasteiger partial charge on any atom is -0.324 e. The van der Waals surface area contributed by atoms with E-state index in [0.29, 0.717) is 0 Å². The first kappa shape index (κ1) is 9.22. The molecular weight excluding hydrogens is 226 g/mol. The molecule has 0 aromatic heterocycles. The van der Waals surface area contributed by atoms with Gasteiger partial charge in [-0.3, -0.25) is 0 Å². The molecule has 2 heteroatoms. The van der Waals surface area contributed by atoms with Gasteiger partial charge in [0, 0.05) is 10.5 Å². The van der Waals surface area contributed by atoms with Gasteiger partial charge in [-0.25, -0.2) is 0 Å². The van der Waals surface area contributed by atoms with E-state index < -0.39 is 0 Å². The molecule has 0 heterocycles. The first-order valence-corrected chi connectivity index (χ1v) is 5.56. The molecule has 2 rings (SSSR count). The molecule has 1 fully saturated rings. The van der Waals surface area contributed by atoms with Crippen molar-refractivity contribution in [2.45, 2.75) is 25.3 Å². The van der Waals surface area contributed by atoms with E-state index in [2.05, 4.69) is 40.2 Å². The largest absolute Gasteiger partial charge is 0.324 e. The highest BCUT2D eigenvalue weighted by atomic mass is 79.9. The number of halogens is 1. The Morgan fingerprint density at radius 2 is 1.92 bits per heavy atom. The van der Waals surface area contributed by atoms with E-state index in [0.717, 1.165) is 16.8 Å². The van der Waals surface area contributed by atoms with E-state index >= 15 is 0 Å². The van der Waals surface area contributed by atoms with Gasteiger partial charge in [-0.1, -0.05) is 40.9 Å². The third-order valence-electron chi connectivity index (χ3n) is 2.58. The van der Waals surface area contributed by atoms with E-state index in [1.165, 1.54) is 18.4 Å². The predicted octanol–water partition coefficient (Wildman–Crippen LogP) is 3.25. The molecule has 1 aliphatic carbocycles. The minimum atomic E-state index is 0.237. The summed E-state index contributed by atoms with van der Waals surface area (Å²) < 4.78 is 1.12. The van der Waals surface area contributed by atoms with Gasteiger partial charge >= 0.3 is 0 Å². The zero-order chi connectivity index (χ0) is 9.26. The summed E-state index contributed by atoms with van der Waals surface area (Å²) >= 11 is 3.42. The van der Waals surface area contributed by atoms with Crippen LogP contribution in [0.1, 0.15) is 30.9 Å². The highest BCUT2D eigenvalue weighted by Gasteiger charge is 2.24. The minimum absolute atomic E-state index is 0.237. The van der Waals surface area contributed by atoms with Gasteiger partial charge in [-0.2, -0.15) is 0 Å². The lowest BCUT2D eigenvalue weighted by Crippen LogP contribution is -2.10. The topological polar surface area (TPSA) is 26.0 Å². The van der Waals surface area contributed by atoms with Gasteiger partial charge in [0.2, 0.25) is 0 Å². The molecular formula is C11H14BrN. The van der Waals surface area contributed by atoms with Crippen LogP contribution >= 0.6 is 15.9 Å². The summed E-state index contributed by atoms with van der Waals surface area (Å²) in [6.07, 6.45) is 3.91. The third-order valence-corrected chi connectivity index (χ3v) is 3.11. The van der Waals surface area contributed by atoms with Gasteiger partial charge in [0.15, 0.2) is 0 Å². The van der Waals surface area contributed by atoms with Crippen LogP contribution in [0.25, 0.3) is 0 Å². The molecule has 0 unspecified atom stereocenters. The van der Waals surface area contributed by atoms with Crippen molar-refractivity contribution in [3.8, 4) is 0 Å². The van der Waals surface area contributed by atoms with Gasteiger partial charge in [-0.05, 0) is 30.0 Å². The van der Waals surface area contributed by atoms with Crippen molar-refractivity contribution in [1.82, 2.24) is 0 Å². The van der Waals surface area contributed by atoms with Crippen LogP contribution in [0, 0.1) is 5.92 Å². The lowest BCUT2D eigenvalue weighted by Gasteiger charge is -2.10. The van der Waals surface area contributed by atoms with Crippen molar-refractivity contribution >= 4 is 15.9 Å². The first-order chi connectivity index (χ1) is 6.25. The monoisotopic (exact) mass is 239 g/mol. The molecule has 0 amide bonds. The summed E-state index contributed by atoms with van der Waals surface area (Å²) in [6.45, 7) is 0. The van der Waals surface area contributed by atoms with Crippen LogP contribution in [0.4, 0.5) is 0 Å². The van der Waals surface area contributed by atoms with Crippen molar-refractivity contribution in [1.29, 1.82) is 0 Å². The highest BCUT2D eigenvalue weighted by Crippen LogP contribution is 2.36. The maximum atomic E-state index is 6.07. The summed E-state index contributed by atoms with van der Waals surface area (Å²) in [6, 6.07) is 8.57. The maximum Gasteiger partial charge on any atom is 0.0297 e. The van der Waals surface area contributed by atoms with Gasteiger partial charge in [0.05, 0.1) is 0 Å². The Morgan fingerprint density at radius 1 is 1.31 bits per heavy atom. The van der Waals surface area contributed by atoms with Crippen LogP contribution in [0.15, 0.2) is 28.7 Å². The van der Waals surface area contributed by atoms with E-state index in [-0.39, 0.29) is 6.04 Å². The maximum absolute atomic E-state index is 6.07. The second-order valence-electron chi connectivity index (χ2n) is 3.84. The number of hydrogen-bond acceptors (Lipinski definition) is 1. The molecule has 1 saturated carbocycles. The Labute approximate surface area is 87.5 Å². The number of hydrogen-bond donors (Lipinski definition) is 1. The summed E-state index contributed by atoms with van der Waals surface area (Å²) in [5, 5.41) is 0. The van der Waals surface area contributed by atoms with Crippen molar-refractivity contribution in [2.75, 3.05) is 0 Å². The zero-order valence-electron chi connectivity index (χ0n) is 7.54. The summed E-state index contributed by atoms with van der Waals surface area (Å²) in [4.78, 5) is 0. The number of benzene rings is 1. The quantitative estimate of drug-likeness (QED) is 0.862. The fraction of sp³-hybridized carbons (Fsp3) is 0.455. The van der Waals surface area contributed by atoms with Gasteiger partial charge in [0.25, 0.3) is 0 Å². The fourth-order valence-electron chi connectivity index (χ4n) is 1.56. The SMILES string of the molecule is N[C@@H](CC1CC1)c1ccc(Br)cc1. The van der Waals surface area contributed by atoms with Crippen LogP contribution in [0.3, 0.4) is 0 Å². The Hall–Kier alpha value is -0.340. The van der Waals surface area contributed by atoms with Crippen LogP contribution in [-0.2, 0) is 0 Å². The van der Waals surface area contributed by atoms with Crippen LogP contribution in [0.5, 0.6) is 0 Å². The molecule has 1 aliphatic rings. The predicted molar refractivity (Wildman–Crippen MR) is 58.4 cm³/mol. The summed E-state index contributed by atoms with van der Waals surface area (Å²) in [5.41, 5.74) is 7.33. The van der Waals surface area contributed by atoms with Crippen molar-refractivity contribution in [3.63, 3.8) is 0 Å². The van der Waals surface area contributed by atoms with Gasteiger partial charge in [0.1, 0.15) is 0 Å². The van der Waals surface area contributed by atoms with E-state index in [1.807, 2.05) is 0 Å². The van der Waals surface area contributed by atoms with Gasteiger partial charge < -0.3 is 5.73 Å². The van der Waals surface area contributed by atoms with E-state index in [1.54, 1.807) is 0 Å². The second kappa shape index (κ2) is 3.81. The molecule has 1 aromatic rings. The molecule has 1 nitrogen and oxygen atoms in total. The van der Waals surface area contributed by atoms with Crippen LogP contribution in [-0.4, -0.2) is 0 Å². The lowest BCUT2D eigenvalue weighted by atomic mass is 10.0. The lowest BCUT2D eigenvalue weighted by molar-refractivity contribution is 0.597. The van der Waals surface area contributed by atoms with E-state index in [9.17, 15) is 0 Å². The normalized spacial score (nSPS) is 18.6. The average molecular weight is 240 g/mol. The molecule has 70 valence electrons. The molecule has 0 aliphatic heterocycles. The van der Waals surface area contributed by atoms with Crippen LogP contribution in [0.2, 0.25) is 0 Å². The molecule has 0 spiro atoms. The smallest absolute Gasteiger partial charge is 0.0297 e. The molecule has 13 heavy (non-hydrogen) atoms. The van der Waals surface area contributed by atoms with Crippen molar-refractivity contribution in [3.05, 3.63) is 34.3 Å². The Bertz CT molecular complexity index is 277.